The molecule has 1 aromatic carbocycles. The average molecular weight is 540 g/mol. The molecule has 1 saturated carbocycles. The van der Waals surface area contributed by atoms with Crippen molar-refractivity contribution in [1.29, 1.82) is 0 Å². The average Bonchev–Trinajstić information content (AvgIpc) is 2.91. The first kappa shape index (κ1) is 28.5. The van der Waals surface area contributed by atoms with Gasteiger partial charge >= 0.3 is 11.8 Å². The molecule has 1 saturated heterocycles. The molecular formula is C28H41N7O4. The molecule has 1 aliphatic carbocycles. The van der Waals surface area contributed by atoms with Gasteiger partial charge in [-0.1, -0.05) is 30.3 Å². The summed E-state index contributed by atoms with van der Waals surface area (Å²) in [4.78, 5) is 34.8. The zero-order valence-corrected chi connectivity index (χ0v) is 23.2. The van der Waals surface area contributed by atoms with Crippen molar-refractivity contribution in [1.82, 2.24) is 20.6 Å². The molecule has 4 rings (SSSR count). The summed E-state index contributed by atoms with van der Waals surface area (Å²) in [6, 6.07) is 10.4. The number of hydrogen-bond acceptors (Lipinski definition) is 9. The molecule has 2 fully saturated rings. The van der Waals surface area contributed by atoms with E-state index in [9.17, 15) is 14.9 Å². The number of hydrogen-bond donors (Lipinski definition) is 3. The van der Waals surface area contributed by atoms with E-state index in [1.807, 2.05) is 39.0 Å². The summed E-state index contributed by atoms with van der Waals surface area (Å²) in [7, 11) is 0. The fourth-order valence-electron chi connectivity index (χ4n) is 5.24. The Morgan fingerprint density at radius 3 is 2.56 bits per heavy atom. The lowest BCUT2D eigenvalue weighted by Crippen LogP contribution is -2.46. The monoisotopic (exact) mass is 539 g/mol. The number of alkyl carbamates (subject to hydrolysis) is 1. The van der Waals surface area contributed by atoms with Crippen LogP contribution in [0.4, 0.5) is 22.2 Å². The third-order valence-electron chi connectivity index (χ3n) is 7.24. The maximum absolute atomic E-state index is 12.1. The molecule has 1 amide bonds. The van der Waals surface area contributed by atoms with E-state index in [0.717, 1.165) is 57.2 Å². The molecule has 2 aliphatic rings. The number of nitrogens with zero attached hydrogens (tertiary/aromatic N) is 4. The van der Waals surface area contributed by atoms with Crippen molar-refractivity contribution in [2.75, 3.05) is 29.9 Å². The number of carbonyl (C=O) groups excluding carboxylic acids is 1. The SMILES string of the molecule is CC(C)(C)OC(=O)NC1CCC(CNc2nc(N(Cc3ccccc3)C3CCCNC3)ncc2[N+](=O)[O-])CC1. The summed E-state index contributed by atoms with van der Waals surface area (Å²) in [5.41, 5.74) is 0.484. The van der Waals surface area contributed by atoms with Gasteiger partial charge in [0.2, 0.25) is 11.8 Å². The highest BCUT2D eigenvalue weighted by Crippen LogP contribution is 2.29. The molecule has 2 aromatic rings. The number of ether oxygens (including phenoxy) is 1. The van der Waals surface area contributed by atoms with Gasteiger partial charge in [-0.05, 0) is 77.3 Å². The molecule has 0 bridgehead atoms. The minimum absolute atomic E-state index is 0.0757. The maximum Gasteiger partial charge on any atom is 0.407 e. The van der Waals surface area contributed by atoms with Gasteiger partial charge in [0, 0.05) is 31.7 Å². The number of carbonyl (C=O) groups is 1. The normalized spacial score (nSPS) is 21.6. The lowest BCUT2D eigenvalue weighted by molar-refractivity contribution is -0.384. The molecule has 3 N–H and O–H groups in total. The van der Waals surface area contributed by atoms with Crippen LogP contribution in [0.5, 0.6) is 0 Å². The van der Waals surface area contributed by atoms with Crippen LogP contribution in [0.3, 0.4) is 0 Å². The van der Waals surface area contributed by atoms with Crippen molar-refractivity contribution >= 4 is 23.5 Å². The van der Waals surface area contributed by atoms with Crippen LogP contribution in [0.2, 0.25) is 0 Å². The van der Waals surface area contributed by atoms with Crippen LogP contribution in [0.15, 0.2) is 36.5 Å². The molecule has 1 aromatic heterocycles. The van der Waals surface area contributed by atoms with Crippen LogP contribution >= 0.6 is 0 Å². The van der Waals surface area contributed by atoms with Gasteiger partial charge in [-0.15, -0.1) is 0 Å². The van der Waals surface area contributed by atoms with Gasteiger partial charge in [0.25, 0.3) is 0 Å². The molecule has 39 heavy (non-hydrogen) atoms. The van der Waals surface area contributed by atoms with E-state index in [2.05, 4.69) is 38.0 Å². The van der Waals surface area contributed by atoms with Gasteiger partial charge in [0.05, 0.1) is 4.92 Å². The fraction of sp³-hybridized carbons (Fsp3) is 0.607. The summed E-state index contributed by atoms with van der Waals surface area (Å²) in [6.45, 7) is 8.54. The van der Waals surface area contributed by atoms with Crippen LogP contribution in [0, 0.1) is 16.0 Å². The summed E-state index contributed by atoms with van der Waals surface area (Å²) in [5.74, 6) is 1.06. The molecule has 11 heteroatoms. The van der Waals surface area contributed by atoms with E-state index < -0.39 is 10.5 Å². The highest BCUT2D eigenvalue weighted by molar-refractivity contribution is 5.68. The largest absolute Gasteiger partial charge is 0.444 e. The van der Waals surface area contributed by atoms with Gasteiger partial charge in [0.1, 0.15) is 11.8 Å². The number of piperidine rings is 1. The Labute approximate surface area is 230 Å². The Morgan fingerprint density at radius 2 is 1.92 bits per heavy atom. The van der Waals surface area contributed by atoms with Crippen molar-refractivity contribution in [2.24, 2.45) is 5.92 Å². The lowest BCUT2D eigenvalue weighted by Gasteiger charge is -2.35. The Bertz CT molecular complexity index is 1090. The van der Waals surface area contributed by atoms with Gasteiger partial charge < -0.3 is 25.6 Å². The molecular weight excluding hydrogens is 498 g/mol. The molecule has 1 unspecified atom stereocenters. The number of amides is 1. The Morgan fingerprint density at radius 1 is 1.18 bits per heavy atom. The number of rotatable bonds is 9. The van der Waals surface area contributed by atoms with Gasteiger partial charge in [-0.3, -0.25) is 10.1 Å². The molecule has 0 spiro atoms. The standard InChI is InChI=1S/C28H41N7O4/c1-28(2,3)39-27(36)32-22-13-11-20(12-14-22)16-30-25-24(35(37)38)18-31-26(33-25)34(23-10-7-15-29-17-23)19-21-8-5-4-6-9-21/h4-6,8-9,18,20,22-23,29H,7,10-17,19H2,1-3H3,(H,32,36)(H,30,31,33). The van der Waals surface area contributed by atoms with Crippen LogP contribution in [0.1, 0.15) is 64.9 Å². The molecule has 1 aliphatic heterocycles. The van der Waals surface area contributed by atoms with Gasteiger partial charge in [-0.2, -0.15) is 4.98 Å². The number of nitro groups is 1. The zero-order valence-electron chi connectivity index (χ0n) is 23.2. The number of benzene rings is 1. The second-order valence-corrected chi connectivity index (χ2v) is 11.5. The summed E-state index contributed by atoms with van der Waals surface area (Å²) < 4.78 is 5.37. The minimum atomic E-state index is -0.527. The first-order chi connectivity index (χ1) is 18.7. The van der Waals surface area contributed by atoms with Crippen LogP contribution < -0.4 is 20.9 Å². The van der Waals surface area contributed by atoms with E-state index in [1.54, 1.807) is 0 Å². The number of aromatic nitrogens is 2. The molecule has 0 radical (unpaired) electrons. The van der Waals surface area contributed by atoms with E-state index in [4.69, 9.17) is 9.72 Å². The number of anilines is 2. The van der Waals surface area contributed by atoms with E-state index >= 15 is 0 Å². The Hall–Kier alpha value is -3.47. The van der Waals surface area contributed by atoms with Crippen molar-refractivity contribution in [3.63, 3.8) is 0 Å². The number of nitrogens with one attached hydrogen (secondary N) is 3. The Kier molecular flexibility index (Phi) is 9.55. The first-order valence-electron chi connectivity index (χ1n) is 13.9. The quantitative estimate of drug-likeness (QED) is 0.308. The second kappa shape index (κ2) is 13.1. The van der Waals surface area contributed by atoms with Crippen LogP contribution in [0.25, 0.3) is 0 Å². The molecule has 1 atom stereocenters. The zero-order chi connectivity index (χ0) is 27.8. The van der Waals surface area contributed by atoms with Crippen molar-refractivity contribution in [3.8, 4) is 0 Å². The third-order valence-corrected chi connectivity index (χ3v) is 7.24. The minimum Gasteiger partial charge on any atom is -0.444 e. The Balaban J connectivity index is 1.42. The summed E-state index contributed by atoms with van der Waals surface area (Å²) >= 11 is 0. The molecule has 11 nitrogen and oxygen atoms in total. The van der Waals surface area contributed by atoms with Gasteiger partial charge in [0.15, 0.2) is 0 Å². The molecule has 212 valence electrons. The third kappa shape index (κ3) is 8.51. The van der Waals surface area contributed by atoms with Crippen LogP contribution in [-0.2, 0) is 11.3 Å². The van der Waals surface area contributed by atoms with Crippen molar-refractivity contribution in [3.05, 3.63) is 52.2 Å². The van der Waals surface area contributed by atoms with Crippen molar-refractivity contribution in [2.45, 2.75) is 83.5 Å². The maximum atomic E-state index is 12.1. The summed E-state index contributed by atoms with van der Waals surface area (Å²) in [6.07, 6.45) is 6.45. The van der Waals surface area contributed by atoms with E-state index in [0.29, 0.717) is 25.0 Å². The molecule has 2 heterocycles. The lowest BCUT2D eigenvalue weighted by atomic mass is 9.86. The summed E-state index contributed by atoms with van der Waals surface area (Å²) in [5, 5.41) is 21.5. The highest BCUT2D eigenvalue weighted by Gasteiger charge is 2.28. The second-order valence-electron chi connectivity index (χ2n) is 11.5. The predicted octanol–water partition coefficient (Wildman–Crippen LogP) is 4.64. The first-order valence-corrected chi connectivity index (χ1v) is 13.9. The van der Waals surface area contributed by atoms with E-state index in [1.165, 1.54) is 6.20 Å². The van der Waals surface area contributed by atoms with Crippen molar-refractivity contribution < 1.29 is 14.5 Å². The predicted molar refractivity (Wildman–Crippen MR) is 151 cm³/mol. The smallest absolute Gasteiger partial charge is 0.407 e. The van der Waals surface area contributed by atoms with E-state index in [-0.39, 0.29) is 29.7 Å². The highest BCUT2D eigenvalue weighted by atomic mass is 16.6. The fourth-order valence-corrected chi connectivity index (χ4v) is 5.24. The van der Waals surface area contributed by atoms with Gasteiger partial charge in [-0.25, -0.2) is 9.78 Å². The van der Waals surface area contributed by atoms with Crippen LogP contribution in [-0.4, -0.2) is 58.3 Å². The topological polar surface area (TPSA) is 135 Å².